The fourth-order valence-electron chi connectivity index (χ4n) is 2.48. The normalized spacial score (nSPS) is 20.6. The Morgan fingerprint density at radius 3 is 2.71 bits per heavy atom. The first-order chi connectivity index (χ1) is 9.96. The first-order valence-corrected chi connectivity index (χ1v) is 9.21. The molecule has 1 aromatic rings. The van der Waals surface area contributed by atoms with Crippen LogP contribution in [0.25, 0.3) is 0 Å². The van der Waals surface area contributed by atoms with E-state index in [1.54, 1.807) is 4.90 Å². The average molecular weight is 314 g/mol. The molecule has 8 heteroatoms. The summed E-state index contributed by atoms with van der Waals surface area (Å²) in [6.07, 6.45) is 2.96. The van der Waals surface area contributed by atoms with E-state index in [4.69, 9.17) is 0 Å². The van der Waals surface area contributed by atoms with Gasteiger partial charge >= 0.3 is 0 Å². The van der Waals surface area contributed by atoms with E-state index in [0.29, 0.717) is 25.2 Å². The summed E-state index contributed by atoms with van der Waals surface area (Å²) in [5.74, 6) is 0.719. The minimum absolute atomic E-state index is 0.0491. The summed E-state index contributed by atoms with van der Waals surface area (Å²) in [6, 6.07) is -0.252. The largest absolute Gasteiger partial charge is 0.332 e. The van der Waals surface area contributed by atoms with Crippen LogP contribution in [0.1, 0.15) is 49.6 Å². The molecule has 1 aromatic heterocycles. The van der Waals surface area contributed by atoms with Gasteiger partial charge in [-0.05, 0) is 12.8 Å². The maximum absolute atomic E-state index is 12.6. The molecule has 118 valence electrons. The third kappa shape index (κ3) is 3.81. The number of hydrogen-bond acceptors (Lipinski definition) is 5. The van der Waals surface area contributed by atoms with Gasteiger partial charge in [-0.1, -0.05) is 20.3 Å². The molecule has 1 fully saturated rings. The van der Waals surface area contributed by atoms with Gasteiger partial charge in [0.25, 0.3) is 5.91 Å². The van der Waals surface area contributed by atoms with Crippen LogP contribution < -0.4 is 0 Å². The number of carbonyl (C=O) groups excluding carboxylic acids is 1. The number of nitrogens with one attached hydrogen (secondary N) is 1. The van der Waals surface area contributed by atoms with Crippen LogP contribution in [0.3, 0.4) is 0 Å². The van der Waals surface area contributed by atoms with E-state index in [9.17, 15) is 13.2 Å². The lowest BCUT2D eigenvalue weighted by atomic mass is 10.2. The summed E-state index contributed by atoms with van der Waals surface area (Å²) < 4.78 is 23.3. The molecule has 0 radical (unpaired) electrons. The molecule has 1 aliphatic heterocycles. The molecule has 0 saturated carbocycles. The smallest absolute Gasteiger partial charge is 0.293 e. The van der Waals surface area contributed by atoms with Gasteiger partial charge in [0.2, 0.25) is 5.82 Å². The maximum atomic E-state index is 12.6. The predicted octanol–water partition coefficient (Wildman–Crippen LogP) is 0.797. The minimum Gasteiger partial charge on any atom is -0.332 e. The standard InChI is InChI=1S/C13H22N4O3S/c1-3-5-7-17(10-6-8-21(19,20)9-10)13(18)12-14-11(4-2)15-16-12/h10H,3-9H2,1-2H3,(H,14,15,16). The molecule has 0 bridgehead atoms. The SMILES string of the molecule is CCCCN(C(=O)c1n[nH]c(CC)n1)C1CCS(=O)(=O)C1. The Hall–Kier alpha value is -1.44. The Morgan fingerprint density at radius 2 is 2.19 bits per heavy atom. The highest BCUT2D eigenvalue weighted by Crippen LogP contribution is 2.20. The van der Waals surface area contributed by atoms with Crippen molar-refractivity contribution in [1.29, 1.82) is 0 Å². The van der Waals surface area contributed by atoms with E-state index in [1.165, 1.54) is 0 Å². The number of sulfone groups is 1. The Labute approximate surface area is 125 Å². The molecule has 1 saturated heterocycles. The molecule has 7 nitrogen and oxygen atoms in total. The summed E-state index contributed by atoms with van der Waals surface area (Å²) >= 11 is 0. The molecule has 1 N–H and O–H groups in total. The summed E-state index contributed by atoms with van der Waals surface area (Å²) in [4.78, 5) is 18.4. The number of H-pyrrole nitrogens is 1. The van der Waals surface area contributed by atoms with Crippen molar-refractivity contribution in [2.45, 2.75) is 45.6 Å². The van der Waals surface area contributed by atoms with Crippen LogP contribution in [0.15, 0.2) is 0 Å². The summed E-state index contributed by atoms with van der Waals surface area (Å²) in [5, 5.41) is 6.67. The number of aromatic amines is 1. The third-order valence-electron chi connectivity index (χ3n) is 3.72. The van der Waals surface area contributed by atoms with E-state index in [0.717, 1.165) is 12.8 Å². The van der Waals surface area contributed by atoms with Crippen molar-refractivity contribution >= 4 is 15.7 Å². The molecular formula is C13H22N4O3S. The molecule has 21 heavy (non-hydrogen) atoms. The number of amides is 1. The van der Waals surface area contributed by atoms with Crippen molar-refractivity contribution in [1.82, 2.24) is 20.1 Å². The van der Waals surface area contributed by atoms with Crippen LogP contribution in [0, 0.1) is 0 Å². The average Bonchev–Trinajstić information content (AvgIpc) is 3.05. The zero-order chi connectivity index (χ0) is 15.5. The molecule has 0 aromatic carbocycles. The van der Waals surface area contributed by atoms with Crippen molar-refractivity contribution in [3.05, 3.63) is 11.6 Å². The molecular weight excluding hydrogens is 292 g/mol. The first kappa shape index (κ1) is 15.9. The topological polar surface area (TPSA) is 96.0 Å². The molecule has 1 unspecified atom stereocenters. The van der Waals surface area contributed by atoms with E-state index in [2.05, 4.69) is 15.2 Å². The third-order valence-corrected chi connectivity index (χ3v) is 5.47. The van der Waals surface area contributed by atoms with E-state index in [1.807, 2.05) is 13.8 Å². The van der Waals surface area contributed by atoms with Crippen molar-refractivity contribution in [2.24, 2.45) is 0 Å². The number of nitrogens with zero attached hydrogens (tertiary/aromatic N) is 3. The highest BCUT2D eigenvalue weighted by molar-refractivity contribution is 7.91. The van der Waals surface area contributed by atoms with E-state index < -0.39 is 9.84 Å². The lowest BCUT2D eigenvalue weighted by molar-refractivity contribution is 0.0682. The fraction of sp³-hybridized carbons (Fsp3) is 0.769. The number of aryl methyl sites for hydroxylation is 1. The van der Waals surface area contributed by atoms with Crippen molar-refractivity contribution in [3.63, 3.8) is 0 Å². The zero-order valence-electron chi connectivity index (χ0n) is 12.5. The van der Waals surface area contributed by atoms with Gasteiger partial charge in [0.15, 0.2) is 9.84 Å². The minimum atomic E-state index is -3.02. The zero-order valence-corrected chi connectivity index (χ0v) is 13.3. The van der Waals surface area contributed by atoms with Gasteiger partial charge in [-0.3, -0.25) is 9.89 Å². The van der Waals surface area contributed by atoms with Gasteiger partial charge in [0.05, 0.1) is 11.5 Å². The lowest BCUT2D eigenvalue weighted by Crippen LogP contribution is -2.42. The van der Waals surface area contributed by atoms with Gasteiger partial charge in [-0.2, -0.15) is 0 Å². The number of aromatic nitrogens is 3. The quantitative estimate of drug-likeness (QED) is 0.837. The van der Waals surface area contributed by atoms with Gasteiger partial charge in [0.1, 0.15) is 5.82 Å². The van der Waals surface area contributed by atoms with Crippen LogP contribution in [-0.2, 0) is 16.3 Å². The van der Waals surface area contributed by atoms with Gasteiger partial charge in [-0.25, -0.2) is 13.4 Å². The number of carbonyl (C=O) groups is 1. The van der Waals surface area contributed by atoms with Crippen LogP contribution in [0.5, 0.6) is 0 Å². The summed E-state index contributed by atoms with van der Waals surface area (Å²) in [6.45, 7) is 4.51. The van der Waals surface area contributed by atoms with Crippen LogP contribution >= 0.6 is 0 Å². The second kappa shape index (κ2) is 6.55. The molecule has 0 spiro atoms. The second-order valence-corrected chi connectivity index (χ2v) is 7.60. The van der Waals surface area contributed by atoms with E-state index in [-0.39, 0.29) is 29.3 Å². The first-order valence-electron chi connectivity index (χ1n) is 7.39. The Bertz CT molecular complexity index is 596. The fourth-order valence-corrected chi connectivity index (χ4v) is 4.21. The Morgan fingerprint density at radius 1 is 1.43 bits per heavy atom. The van der Waals surface area contributed by atoms with Crippen LogP contribution in [0.2, 0.25) is 0 Å². The van der Waals surface area contributed by atoms with E-state index >= 15 is 0 Å². The predicted molar refractivity (Wildman–Crippen MR) is 78.8 cm³/mol. The molecule has 1 amide bonds. The molecule has 2 heterocycles. The second-order valence-electron chi connectivity index (χ2n) is 5.37. The monoisotopic (exact) mass is 314 g/mol. The molecule has 1 aliphatic rings. The number of unbranched alkanes of at least 4 members (excludes halogenated alkanes) is 1. The summed E-state index contributed by atoms with van der Waals surface area (Å²) in [7, 11) is -3.02. The maximum Gasteiger partial charge on any atom is 0.293 e. The van der Waals surface area contributed by atoms with Crippen molar-refractivity contribution in [2.75, 3.05) is 18.1 Å². The van der Waals surface area contributed by atoms with Gasteiger partial charge in [0, 0.05) is 19.0 Å². The number of hydrogen-bond donors (Lipinski definition) is 1. The van der Waals surface area contributed by atoms with Gasteiger partial charge < -0.3 is 4.90 Å². The Kier molecular flexibility index (Phi) is 4.97. The molecule has 0 aliphatic carbocycles. The van der Waals surface area contributed by atoms with Crippen LogP contribution in [0.4, 0.5) is 0 Å². The number of rotatable bonds is 6. The summed E-state index contributed by atoms with van der Waals surface area (Å²) in [5.41, 5.74) is 0. The highest BCUT2D eigenvalue weighted by Gasteiger charge is 2.35. The van der Waals surface area contributed by atoms with Gasteiger partial charge in [-0.15, -0.1) is 5.10 Å². The Balaban J connectivity index is 2.17. The lowest BCUT2D eigenvalue weighted by Gasteiger charge is -2.27. The highest BCUT2D eigenvalue weighted by atomic mass is 32.2. The van der Waals surface area contributed by atoms with Crippen LogP contribution in [-0.4, -0.2) is 58.5 Å². The molecule has 2 rings (SSSR count). The molecule has 1 atom stereocenters. The van der Waals surface area contributed by atoms with Crippen molar-refractivity contribution < 1.29 is 13.2 Å². The van der Waals surface area contributed by atoms with Crippen molar-refractivity contribution in [3.8, 4) is 0 Å².